The molecule has 2 heterocycles. The summed E-state index contributed by atoms with van der Waals surface area (Å²) < 4.78 is 0.553. The Hall–Kier alpha value is -2.42. The van der Waals surface area contributed by atoms with Gasteiger partial charge in [0.25, 0.3) is 5.91 Å². The number of aromatic amines is 1. The van der Waals surface area contributed by atoms with Crippen molar-refractivity contribution in [2.75, 3.05) is 5.32 Å². The van der Waals surface area contributed by atoms with E-state index in [2.05, 4.69) is 41.6 Å². The fourth-order valence-corrected chi connectivity index (χ4v) is 1.79. The number of aromatic nitrogens is 3. The molecular formula is C10H9BrN6O2. The van der Waals surface area contributed by atoms with Crippen molar-refractivity contribution < 1.29 is 10.0 Å². The SMILES string of the molecule is N/C(=N/O)c1cn[nH]c1NC(=O)c1ncccc1Br. The first-order valence-corrected chi connectivity index (χ1v) is 5.86. The fraction of sp³-hybridized carbons (Fsp3) is 0. The Morgan fingerprint density at radius 2 is 2.37 bits per heavy atom. The Morgan fingerprint density at radius 3 is 3.05 bits per heavy atom. The lowest BCUT2D eigenvalue weighted by atomic mass is 10.3. The van der Waals surface area contributed by atoms with E-state index in [4.69, 9.17) is 10.9 Å². The van der Waals surface area contributed by atoms with Crippen LogP contribution in [0.25, 0.3) is 0 Å². The number of halogens is 1. The summed E-state index contributed by atoms with van der Waals surface area (Å²) in [6, 6.07) is 3.39. The number of H-pyrrole nitrogens is 1. The average molecular weight is 325 g/mol. The Morgan fingerprint density at radius 1 is 1.58 bits per heavy atom. The number of anilines is 1. The number of nitrogens with one attached hydrogen (secondary N) is 2. The van der Waals surface area contributed by atoms with Gasteiger partial charge in [0.1, 0.15) is 11.5 Å². The molecule has 0 saturated heterocycles. The monoisotopic (exact) mass is 324 g/mol. The molecule has 0 radical (unpaired) electrons. The third kappa shape index (κ3) is 2.71. The summed E-state index contributed by atoms with van der Waals surface area (Å²) in [6.07, 6.45) is 2.83. The first-order chi connectivity index (χ1) is 9.13. The van der Waals surface area contributed by atoms with E-state index in [1.807, 2.05) is 0 Å². The third-order valence-electron chi connectivity index (χ3n) is 2.24. The van der Waals surface area contributed by atoms with Crippen molar-refractivity contribution in [3.8, 4) is 0 Å². The van der Waals surface area contributed by atoms with Crippen LogP contribution in [-0.4, -0.2) is 32.1 Å². The number of rotatable bonds is 3. The second-order valence-corrected chi connectivity index (χ2v) is 4.29. The van der Waals surface area contributed by atoms with Gasteiger partial charge in [-0.1, -0.05) is 5.16 Å². The Kier molecular flexibility index (Phi) is 3.76. The summed E-state index contributed by atoms with van der Waals surface area (Å²) in [6.45, 7) is 0. The van der Waals surface area contributed by atoms with Crippen molar-refractivity contribution in [2.24, 2.45) is 10.9 Å². The van der Waals surface area contributed by atoms with Crippen LogP contribution in [0.4, 0.5) is 5.82 Å². The topological polar surface area (TPSA) is 129 Å². The number of carbonyl (C=O) groups is 1. The molecule has 8 nitrogen and oxygen atoms in total. The molecular weight excluding hydrogens is 316 g/mol. The largest absolute Gasteiger partial charge is 0.409 e. The lowest BCUT2D eigenvalue weighted by molar-refractivity contribution is 0.102. The van der Waals surface area contributed by atoms with E-state index in [0.29, 0.717) is 4.47 Å². The van der Waals surface area contributed by atoms with Crippen molar-refractivity contribution in [2.45, 2.75) is 0 Å². The molecule has 9 heteroatoms. The van der Waals surface area contributed by atoms with E-state index in [-0.39, 0.29) is 22.9 Å². The summed E-state index contributed by atoms with van der Waals surface area (Å²) in [5.74, 6) is -0.397. The Balaban J connectivity index is 2.26. The molecule has 0 bridgehead atoms. The summed E-state index contributed by atoms with van der Waals surface area (Å²) in [5, 5.41) is 20.3. The number of oxime groups is 1. The Labute approximate surface area is 115 Å². The van der Waals surface area contributed by atoms with Crippen LogP contribution >= 0.6 is 15.9 Å². The van der Waals surface area contributed by atoms with Gasteiger partial charge in [-0.3, -0.25) is 9.89 Å². The maximum Gasteiger partial charge on any atom is 0.276 e. The number of nitrogens with two attached hydrogens (primary N) is 1. The van der Waals surface area contributed by atoms with Gasteiger partial charge in [0.2, 0.25) is 0 Å². The minimum Gasteiger partial charge on any atom is -0.409 e. The Bertz CT molecular complexity index is 638. The van der Waals surface area contributed by atoms with E-state index < -0.39 is 5.91 Å². The number of hydrogen-bond donors (Lipinski definition) is 4. The van der Waals surface area contributed by atoms with Crippen molar-refractivity contribution in [3.63, 3.8) is 0 Å². The molecule has 2 rings (SSSR count). The predicted molar refractivity (Wildman–Crippen MR) is 71.0 cm³/mol. The van der Waals surface area contributed by atoms with E-state index in [0.717, 1.165) is 0 Å². The van der Waals surface area contributed by atoms with Crippen LogP contribution in [0.3, 0.4) is 0 Å². The lowest BCUT2D eigenvalue weighted by Crippen LogP contribution is -2.19. The van der Waals surface area contributed by atoms with Crippen LogP contribution in [-0.2, 0) is 0 Å². The van der Waals surface area contributed by atoms with Crippen molar-refractivity contribution in [1.29, 1.82) is 0 Å². The molecule has 0 aliphatic rings. The van der Waals surface area contributed by atoms with Crippen LogP contribution in [0.1, 0.15) is 16.1 Å². The molecule has 0 aliphatic carbocycles. The van der Waals surface area contributed by atoms with Crippen molar-refractivity contribution in [3.05, 3.63) is 40.3 Å². The molecule has 0 aliphatic heterocycles. The highest BCUT2D eigenvalue weighted by Crippen LogP contribution is 2.16. The van der Waals surface area contributed by atoms with E-state index in [1.165, 1.54) is 12.4 Å². The van der Waals surface area contributed by atoms with Crippen molar-refractivity contribution >= 4 is 33.5 Å². The molecule has 98 valence electrons. The first kappa shape index (κ1) is 13.0. The van der Waals surface area contributed by atoms with E-state index in [9.17, 15) is 4.79 Å². The zero-order chi connectivity index (χ0) is 13.8. The zero-order valence-electron chi connectivity index (χ0n) is 9.46. The number of carbonyl (C=O) groups excluding carboxylic acids is 1. The van der Waals surface area contributed by atoms with Gasteiger partial charge in [0.15, 0.2) is 5.84 Å². The fourth-order valence-electron chi connectivity index (χ4n) is 1.36. The van der Waals surface area contributed by atoms with Crippen LogP contribution < -0.4 is 11.1 Å². The molecule has 0 fully saturated rings. The third-order valence-corrected chi connectivity index (χ3v) is 2.88. The predicted octanol–water partition coefficient (Wildman–Crippen LogP) is 0.914. The highest BCUT2D eigenvalue weighted by Gasteiger charge is 2.16. The zero-order valence-corrected chi connectivity index (χ0v) is 11.0. The molecule has 2 aromatic heterocycles. The minimum atomic E-state index is -0.455. The number of hydrogen-bond acceptors (Lipinski definition) is 5. The molecule has 0 unspecified atom stereocenters. The minimum absolute atomic E-state index is 0.163. The van der Waals surface area contributed by atoms with E-state index >= 15 is 0 Å². The summed E-state index contributed by atoms with van der Waals surface area (Å²) in [5.41, 5.74) is 5.94. The highest BCUT2D eigenvalue weighted by atomic mass is 79.9. The van der Waals surface area contributed by atoms with Gasteiger partial charge in [-0.25, -0.2) is 4.98 Å². The summed E-state index contributed by atoms with van der Waals surface area (Å²) in [7, 11) is 0. The number of nitrogens with zero attached hydrogens (tertiary/aromatic N) is 3. The van der Waals surface area contributed by atoms with Gasteiger partial charge in [-0.2, -0.15) is 5.10 Å². The molecule has 0 spiro atoms. The van der Waals surface area contributed by atoms with E-state index in [1.54, 1.807) is 12.1 Å². The quantitative estimate of drug-likeness (QED) is 0.288. The molecule has 0 aromatic carbocycles. The normalized spacial score (nSPS) is 11.3. The first-order valence-electron chi connectivity index (χ1n) is 5.06. The second-order valence-electron chi connectivity index (χ2n) is 3.43. The molecule has 19 heavy (non-hydrogen) atoms. The van der Waals surface area contributed by atoms with Crippen LogP contribution in [0.15, 0.2) is 34.2 Å². The van der Waals surface area contributed by atoms with Crippen LogP contribution in [0.5, 0.6) is 0 Å². The highest BCUT2D eigenvalue weighted by molar-refractivity contribution is 9.10. The molecule has 1 amide bonds. The lowest BCUT2D eigenvalue weighted by Gasteiger charge is -2.05. The molecule has 2 aromatic rings. The smallest absolute Gasteiger partial charge is 0.276 e. The number of amides is 1. The van der Waals surface area contributed by atoms with Gasteiger partial charge < -0.3 is 16.3 Å². The standard InChI is InChI=1S/C10H9BrN6O2/c11-6-2-1-3-13-7(6)10(18)15-9-5(4-14-16-9)8(12)17-19/h1-4,19H,(H2,12,17)(H2,14,15,16,18). The van der Waals surface area contributed by atoms with Gasteiger partial charge in [0, 0.05) is 10.7 Å². The van der Waals surface area contributed by atoms with Gasteiger partial charge >= 0.3 is 0 Å². The number of pyridine rings is 1. The van der Waals surface area contributed by atoms with Gasteiger partial charge in [-0.15, -0.1) is 0 Å². The average Bonchev–Trinajstić information content (AvgIpc) is 2.86. The summed E-state index contributed by atoms with van der Waals surface area (Å²) in [4.78, 5) is 16.0. The molecule has 0 saturated carbocycles. The second kappa shape index (κ2) is 5.48. The summed E-state index contributed by atoms with van der Waals surface area (Å²) >= 11 is 3.22. The van der Waals surface area contributed by atoms with Crippen LogP contribution in [0, 0.1) is 0 Å². The molecule has 0 atom stereocenters. The van der Waals surface area contributed by atoms with Gasteiger partial charge in [0.05, 0.1) is 11.8 Å². The molecule has 5 N–H and O–H groups in total. The number of amidine groups is 1. The maximum absolute atomic E-state index is 12.0. The maximum atomic E-state index is 12.0. The van der Waals surface area contributed by atoms with Gasteiger partial charge in [-0.05, 0) is 28.1 Å². The van der Waals surface area contributed by atoms with Crippen LogP contribution in [0.2, 0.25) is 0 Å². The van der Waals surface area contributed by atoms with Crippen molar-refractivity contribution in [1.82, 2.24) is 15.2 Å².